The van der Waals surface area contributed by atoms with Crippen LogP contribution in [0, 0.1) is 0 Å². The van der Waals surface area contributed by atoms with Gasteiger partial charge in [0.15, 0.2) is 0 Å². The quantitative estimate of drug-likeness (QED) is 0.618. The maximum atomic E-state index is 12.2. The Morgan fingerprint density at radius 2 is 1.85 bits per heavy atom. The number of nitrogens with one attached hydrogen (secondary N) is 2. The first-order valence-electron chi connectivity index (χ1n) is 8.75. The largest absolute Gasteiger partial charge is 0.491 e. The highest BCUT2D eigenvalue weighted by Gasteiger charge is 2.06. The maximum absolute atomic E-state index is 12.2. The highest BCUT2D eigenvalue weighted by Crippen LogP contribution is 2.20. The predicted octanol–water partition coefficient (Wildman–Crippen LogP) is 4.48. The number of hydrogen-bond donors (Lipinski definition) is 2. The van der Waals surface area contributed by atoms with Crippen molar-refractivity contribution in [3.8, 4) is 11.5 Å². The highest BCUT2D eigenvalue weighted by atomic mass is 16.5. The van der Waals surface area contributed by atoms with E-state index in [4.69, 9.17) is 9.47 Å². The summed E-state index contributed by atoms with van der Waals surface area (Å²) < 4.78 is 11.3. The Labute approximate surface area is 155 Å². The van der Waals surface area contributed by atoms with E-state index in [-0.39, 0.29) is 18.6 Å². The molecule has 0 saturated carbocycles. The van der Waals surface area contributed by atoms with Gasteiger partial charge in [-0.1, -0.05) is 31.7 Å². The van der Waals surface area contributed by atoms with Gasteiger partial charge in [-0.25, -0.2) is 0 Å². The van der Waals surface area contributed by atoms with E-state index in [9.17, 15) is 4.79 Å². The molecule has 1 amide bonds. The zero-order valence-electron chi connectivity index (χ0n) is 15.3. The number of hydrogen-bond acceptors (Lipinski definition) is 4. The van der Waals surface area contributed by atoms with Gasteiger partial charge in [-0.15, -0.1) is 0 Å². The second-order valence-electron chi connectivity index (χ2n) is 5.89. The van der Waals surface area contributed by atoms with Crippen molar-refractivity contribution in [3.05, 3.63) is 61.2 Å². The summed E-state index contributed by atoms with van der Waals surface area (Å²) in [7, 11) is 0. The predicted molar refractivity (Wildman–Crippen MR) is 106 cm³/mol. The average Bonchev–Trinajstić information content (AvgIpc) is 2.65. The summed E-state index contributed by atoms with van der Waals surface area (Å²) in [5.41, 5.74) is 1.52. The molecule has 5 nitrogen and oxygen atoms in total. The van der Waals surface area contributed by atoms with Crippen LogP contribution in [0.2, 0.25) is 0 Å². The Morgan fingerprint density at radius 1 is 1.15 bits per heavy atom. The minimum Gasteiger partial charge on any atom is -0.491 e. The Kier molecular flexibility index (Phi) is 7.55. The number of benzene rings is 2. The Hall–Kier alpha value is -2.95. The number of anilines is 2. The van der Waals surface area contributed by atoms with Gasteiger partial charge in [-0.2, -0.15) is 0 Å². The molecular weight excluding hydrogens is 328 g/mol. The van der Waals surface area contributed by atoms with Crippen molar-refractivity contribution in [3.63, 3.8) is 0 Å². The molecule has 138 valence electrons. The van der Waals surface area contributed by atoms with Gasteiger partial charge in [0.2, 0.25) is 5.91 Å². The topological polar surface area (TPSA) is 59.6 Å². The second-order valence-corrected chi connectivity index (χ2v) is 5.89. The van der Waals surface area contributed by atoms with Crippen molar-refractivity contribution in [2.45, 2.75) is 26.4 Å². The first-order chi connectivity index (χ1) is 12.6. The van der Waals surface area contributed by atoms with Gasteiger partial charge >= 0.3 is 0 Å². The summed E-state index contributed by atoms with van der Waals surface area (Å²) in [5.74, 6) is 1.34. The Balaban J connectivity index is 1.87. The molecule has 1 atom stereocenters. The lowest BCUT2D eigenvalue weighted by Crippen LogP contribution is -2.21. The second kappa shape index (κ2) is 10.1. The third-order valence-corrected chi connectivity index (χ3v) is 3.68. The van der Waals surface area contributed by atoms with Gasteiger partial charge in [0, 0.05) is 23.5 Å². The molecule has 1 unspecified atom stereocenters. The van der Waals surface area contributed by atoms with Crippen LogP contribution in [0.15, 0.2) is 61.2 Å². The first-order valence-corrected chi connectivity index (χ1v) is 8.75. The van der Waals surface area contributed by atoms with E-state index in [2.05, 4.69) is 24.1 Å². The summed E-state index contributed by atoms with van der Waals surface area (Å²) in [6.07, 6.45) is 2.75. The van der Waals surface area contributed by atoms with E-state index in [0.717, 1.165) is 23.6 Å². The lowest BCUT2D eigenvalue weighted by atomic mass is 10.2. The third-order valence-electron chi connectivity index (χ3n) is 3.68. The number of ether oxygens (including phenoxy) is 2. The number of amides is 1. The van der Waals surface area contributed by atoms with Crippen molar-refractivity contribution < 1.29 is 14.3 Å². The molecule has 0 aliphatic rings. The normalized spacial score (nSPS) is 11.3. The molecule has 0 aliphatic heterocycles. The van der Waals surface area contributed by atoms with Crippen molar-refractivity contribution in [1.29, 1.82) is 0 Å². The number of rotatable bonds is 10. The van der Waals surface area contributed by atoms with Gasteiger partial charge in [0.1, 0.15) is 18.1 Å². The van der Waals surface area contributed by atoms with E-state index in [1.54, 1.807) is 6.08 Å². The smallest absolute Gasteiger partial charge is 0.243 e. The van der Waals surface area contributed by atoms with Gasteiger partial charge < -0.3 is 20.1 Å². The monoisotopic (exact) mass is 354 g/mol. The zero-order valence-corrected chi connectivity index (χ0v) is 15.3. The molecule has 0 radical (unpaired) electrons. The van der Waals surface area contributed by atoms with E-state index in [0.29, 0.717) is 12.3 Å². The van der Waals surface area contributed by atoms with Gasteiger partial charge in [-0.05, 0) is 37.6 Å². The first kappa shape index (κ1) is 19.4. The number of carbonyl (C=O) groups excluding carboxylic acids is 1. The fraction of sp³-hybridized carbons (Fsp3) is 0.286. The molecule has 0 aliphatic carbocycles. The molecule has 0 saturated heterocycles. The van der Waals surface area contributed by atoms with Gasteiger partial charge in [0.05, 0.1) is 12.6 Å². The van der Waals surface area contributed by atoms with Gasteiger partial charge in [0.25, 0.3) is 0 Å². The lowest BCUT2D eigenvalue weighted by Gasteiger charge is -2.14. The molecular formula is C21H26N2O3. The third kappa shape index (κ3) is 6.51. The summed E-state index contributed by atoms with van der Waals surface area (Å²) in [5, 5.41) is 5.96. The van der Waals surface area contributed by atoms with Crippen LogP contribution in [-0.4, -0.2) is 25.2 Å². The molecule has 0 bridgehead atoms. The van der Waals surface area contributed by atoms with E-state index in [1.807, 2.05) is 55.5 Å². The zero-order chi connectivity index (χ0) is 18.8. The number of carbonyl (C=O) groups is 1. The molecule has 0 fully saturated rings. The van der Waals surface area contributed by atoms with Crippen molar-refractivity contribution >= 4 is 17.3 Å². The van der Waals surface area contributed by atoms with Gasteiger partial charge in [-0.3, -0.25) is 4.79 Å². The molecule has 2 aromatic rings. The molecule has 0 heterocycles. The van der Waals surface area contributed by atoms with Crippen LogP contribution in [0.5, 0.6) is 11.5 Å². The van der Waals surface area contributed by atoms with Crippen LogP contribution in [-0.2, 0) is 4.79 Å². The molecule has 2 aromatic carbocycles. The summed E-state index contributed by atoms with van der Waals surface area (Å²) in [6, 6.07) is 14.9. The average molecular weight is 354 g/mol. The molecule has 0 aromatic heterocycles. The fourth-order valence-corrected chi connectivity index (χ4v) is 2.20. The molecule has 0 spiro atoms. The fourth-order valence-electron chi connectivity index (χ4n) is 2.20. The van der Waals surface area contributed by atoms with E-state index < -0.39 is 0 Å². The Morgan fingerprint density at radius 3 is 2.58 bits per heavy atom. The van der Waals surface area contributed by atoms with Crippen LogP contribution in [0.1, 0.15) is 20.3 Å². The maximum Gasteiger partial charge on any atom is 0.243 e. The highest BCUT2D eigenvalue weighted by molar-refractivity contribution is 5.93. The van der Waals surface area contributed by atoms with E-state index in [1.165, 1.54) is 0 Å². The summed E-state index contributed by atoms with van der Waals surface area (Å²) in [6.45, 7) is 8.30. The summed E-state index contributed by atoms with van der Waals surface area (Å²) in [4.78, 5) is 12.2. The standard InChI is InChI=1S/C21H26N2O3/c1-4-12-25-19-10-6-8-17(13-19)22-15-21(24)23-18-9-7-11-20(14-18)26-16(3)5-2/h4,6-11,13-14,16,22H,1,5,12,15H2,2-3H3,(H,23,24). The lowest BCUT2D eigenvalue weighted by molar-refractivity contribution is -0.114. The minimum atomic E-state index is -0.136. The van der Waals surface area contributed by atoms with Crippen LogP contribution in [0.3, 0.4) is 0 Å². The minimum absolute atomic E-state index is 0.136. The molecule has 2 N–H and O–H groups in total. The van der Waals surface area contributed by atoms with Crippen molar-refractivity contribution in [2.24, 2.45) is 0 Å². The van der Waals surface area contributed by atoms with Crippen LogP contribution in [0.4, 0.5) is 11.4 Å². The summed E-state index contributed by atoms with van der Waals surface area (Å²) >= 11 is 0. The van der Waals surface area contributed by atoms with E-state index >= 15 is 0 Å². The van der Waals surface area contributed by atoms with Crippen LogP contribution >= 0.6 is 0 Å². The van der Waals surface area contributed by atoms with Crippen molar-refractivity contribution in [2.75, 3.05) is 23.8 Å². The molecule has 5 heteroatoms. The molecule has 2 rings (SSSR count). The Bertz CT molecular complexity index is 731. The molecule has 26 heavy (non-hydrogen) atoms. The van der Waals surface area contributed by atoms with Crippen molar-refractivity contribution in [1.82, 2.24) is 0 Å². The SMILES string of the molecule is C=CCOc1cccc(NCC(=O)Nc2cccc(OC(C)CC)c2)c1. The van der Waals surface area contributed by atoms with Crippen LogP contribution in [0.25, 0.3) is 0 Å². The van der Waals surface area contributed by atoms with Crippen LogP contribution < -0.4 is 20.1 Å².